The number of aromatic amines is 1. The van der Waals surface area contributed by atoms with Gasteiger partial charge in [0.15, 0.2) is 0 Å². The molecule has 1 aromatic heterocycles. The van der Waals surface area contributed by atoms with Gasteiger partial charge in [-0.1, -0.05) is 20.4 Å². The highest BCUT2D eigenvalue weighted by molar-refractivity contribution is 5.70. The third-order valence-electron chi connectivity index (χ3n) is 1.34. The number of hydrogen-bond acceptors (Lipinski definition) is 1. The average molecular weight is 164 g/mol. The van der Waals surface area contributed by atoms with E-state index in [9.17, 15) is 0 Å². The number of rotatable bonds is 2. The van der Waals surface area contributed by atoms with Gasteiger partial charge >= 0.3 is 0 Å². The highest BCUT2D eigenvalue weighted by atomic mass is 14.9. The number of aliphatic imine (C=N–C) groups is 1. The highest BCUT2D eigenvalue weighted by Gasteiger charge is 1.99. The maximum atomic E-state index is 3.80. The van der Waals surface area contributed by atoms with Crippen LogP contribution in [-0.2, 0) is 0 Å². The quantitative estimate of drug-likeness (QED) is 0.649. The summed E-state index contributed by atoms with van der Waals surface area (Å²) in [6.45, 7) is 13.2. The van der Waals surface area contributed by atoms with E-state index < -0.39 is 0 Å². The number of hydrogen-bond donors (Lipinski definition) is 1. The molecule has 2 nitrogen and oxygen atoms in total. The zero-order chi connectivity index (χ0) is 9.56. The van der Waals surface area contributed by atoms with E-state index in [1.807, 2.05) is 33.0 Å². The van der Waals surface area contributed by atoms with Crippen LogP contribution in [0.3, 0.4) is 0 Å². The second kappa shape index (κ2) is 5.35. The molecule has 66 valence electrons. The van der Waals surface area contributed by atoms with Gasteiger partial charge in [-0.15, -0.1) is 0 Å². The first-order valence-electron chi connectivity index (χ1n) is 4.05. The molecule has 0 fully saturated rings. The lowest BCUT2D eigenvalue weighted by molar-refractivity contribution is 1.34. The van der Waals surface area contributed by atoms with Crippen molar-refractivity contribution >= 4 is 18.1 Å². The largest absolute Gasteiger partial charge is 0.346 e. The molecule has 0 amide bonds. The van der Waals surface area contributed by atoms with Gasteiger partial charge in [0.1, 0.15) is 5.82 Å². The Hall–Kier alpha value is -1.31. The van der Waals surface area contributed by atoms with Crippen LogP contribution in [0.25, 0.3) is 5.57 Å². The van der Waals surface area contributed by atoms with Crippen LogP contribution in [0.1, 0.15) is 26.3 Å². The Morgan fingerprint density at radius 3 is 2.42 bits per heavy atom. The van der Waals surface area contributed by atoms with Crippen LogP contribution >= 0.6 is 0 Å². The summed E-state index contributed by atoms with van der Waals surface area (Å²) in [5.74, 6) is 0.799. The average Bonchev–Trinajstić information content (AvgIpc) is 2.55. The molecule has 0 spiro atoms. The van der Waals surface area contributed by atoms with Gasteiger partial charge in [0.2, 0.25) is 0 Å². The molecule has 0 unspecified atom stereocenters. The normalized spacial score (nSPS) is 8.25. The Kier molecular flexibility index (Phi) is 4.77. The standard InChI is InChI=1S/C8H10N2.C2H6/c1-6(2)7-4-5-10-8(7)9-3;1-2/h4-5,10H,1,3H2,2H3;1-2H3. The number of aromatic nitrogens is 1. The van der Waals surface area contributed by atoms with Crippen molar-refractivity contribution in [3.05, 3.63) is 24.4 Å². The summed E-state index contributed by atoms with van der Waals surface area (Å²) in [5, 5.41) is 0. The summed E-state index contributed by atoms with van der Waals surface area (Å²) in [4.78, 5) is 6.73. The Balaban J connectivity index is 0.000000561. The van der Waals surface area contributed by atoms with E-state index in [2.05, 4.69) is 23.3 Å². The van der Waals surface area contributed by atoms with E-state index >= 15 is 0 Å². The van der Waals surface area contributed by atoms with E-state index in [0.717, 1.165) is 17.0 Å². The Bertz CT molecular complexity index is 259. The summed E-state index contributed by atoms with van der Waals surface area (Å²) in [6, 6.07) is 1.94. The van der Waals surface area contributed by atoms with Gasteiger partial charge in [-0.05, 0) is 25.3 Å². The lowest BCUT2D eigenvalue weighted by Gasteiger charge is -1.94. The number of nitrogens with zero attached hydrogens (tertiary/aromatic N) is 1. The van der Waals surface area contributed by atoms with Crippen molar-refractivity contribution < 1.29 is 0 Å². The summed E-state index contributed by atoms with van der Waals surface area (Å²) >= 11 is 0. The van der Waals surface area contributed by atoms with Gasteiger partial charge in [0.25, 0.3) is 0 Å². The van der Waals surface area contributed by atoms with Crippen molar-refractivity contribution in [2.75, 3.05) is 0 Å². The summed E-state index contributed by atoms with van der Waals surface area (Å²) < 4.78 is 0. The van der Waals surface area contributed by atoms with Gasteiger partial charge in [0, 0.05) is 11.8 Å². The molecule has 0 aromatic carbocycles. The highest BCUT2D eigenvalue weighted by Crippen LogP contribution is 2.22. The lowest BCUT2D eigenvalue weighted by Crippen LogP contribution is -1.71. The Labute approximate surface area is 74.0 Å². The molecule has 2 heteroatoms. The van der Waals surface area contributed by atoms with Crippen LogP contribution in [-0.4, -0.2) is 11.7 Å². The molecule has 0 saturated heterocycles. The van der Waals surface area contributed by atoms with Crippen molar-refractivity contribution in [2.24, 2.45) is 4.99 Å². The fourth-order valence-electron chi connectivity index (χ4n) is 0.836. The second-order valence-corrected chi connectivity index (χ2v) is 2.18. The molecule has 1 N–H and O–H groups in total. The molecule has 0 aliphatic carbocycles. The topological polar surface area (TPSA) is 28.1 Å². The molecule has 1 heterocycles. The van der Waals surface area contributed by atoms with Crippen LogP contribution in [0.4, 0.5) is 5.82 Å². The fraction of sp³-hybridized carbons (Fsp3) is 0.300. The van der Waals surface area contributed by atoms with Crippen LogP contribution < -0.4 is 0 Å². The Morgan fingerprint density at radius 1 is 1.50 bits per heavy atom. The minimum atomic E-state index is 0.799. The van der Waals surface area contributed by atoms with Crippen LogP contribution in [0.15, 0.2) is 23.8 Å². The van der Waals surface area contributed by atoms with Gasteiger partial charge in [-0.25, -0.2) is 4.99 Å². The van der Waals surface area contributed by atoms with Crippen molar-refractivity contribution in [3.63, 3.8) is 0 Å². The molecule has 1 aromatic rings. The molecule has 1 rings (SSSR count). The molecule has 0 atom stereocenters. The molecule has 0 saturated carbocycles. The SMILES string of the molecule is C=Nc1[nH]ccc1C(=C)C.CC. The van der Waals surface area contributed by atoms with E-state index in [1.165, 1.54) is 0 Å². The number of H-pyrrole nitrogens is 1. The maximum Gasteiger partial charge on any atom is 0.136 e. The Morgan fingerprint density at radius 2 is 2.08 bits per heavy atom. The summed E-state index contributed by atoms with van der Waals surface area (Å²) in [5.41, 5.74) is 2.04. The molecule has 0 radical (unpaired) electrons. The molecular formula is C10H16N2. The predicted octanol–water partition coefficient (Wildman–Crippen LogP) is 3.41. The maximum absolute atomic E-state index is 3.80. The third-order valence-corrected chi connectivity index (χ3v) is 1.34. The summed E-state index contributed by atoms with van der Waals surface area (Å²) in [6.07, 6.45) is 1.83. The number of allylic oxidation sites excluding steroid dienone is 1. The first-order valence-corrected chi connectivity index (χ1v) is 4.05. The van der Waals surface area contributed by atoms with Crippen LogP contribution in [0.5, 0.6) is 0 Å². The zero-order valence-electron chi connectivity index (χ0n) is 8.02. The van der Waals surface area contributed by atoms with Crippen molar-refractivity contribution in [1.29, 1.82) is 0 Å². The minimum Gasteiger partial charge on any atom is -0.346 e. The molecule has 12 heavy (non-hydrogen) atoms. The third kappa shape index (κ3) is 2.38. The van der Waals surface area contributed by atoms with Crippen LogP contribution in [0.2, 0.25) is 0 Å². The van der Waals surface area contributed by atoms with Gasteiger partial charge < -0.3 is 4.98 Å². The smallest absolute Gasteiger partial charge is 0.136 e. The second-order valence-electron chi connectivity index (χ2n) is 2.18. The first kappa shape index (κ1) is 10.7. The van der Waals surface area contributed by atoms with Crippen LogP contribution in [0, 0.1) is 0 Å². The van der Waals surface area contributed by atoms with Crippen molar-refractivity contribution in [2.45, 2.75) is 20.8 Å². The van der Waals surface area contributed by atoms with E-state index in [-0.39, 0.29) is 0 Å². The zero-order valence-corrected chi connectivity index (χ0v) is 8.02. The lowest BCUT2D eigenvalue weighted by atomic mass is 10.2. The summed E-state index contributed by atoms with van der Waals surface area (Å²) in [7, 11) is 0. The fourth-order valence-corrected chi connectivity index (χ4v) is 0.836. The van der Waals surface area contributed by atoms with Gasteiger partial charge in [-0.3, -0.25) is 0 Å². The van der Waals surface area contributed by atoms with E-state index in [1.54, 1.807) is 0 Å². The van der Waals surface area contributed by atoms with Gasteiger partial charge in [0.05, 0.1) is 0 Å². The molecule has 0 bridgehead atoms. The number of nitrogens with one attached hydrogen (secondary N) is 1. The van der Waals surface area contributed by atoms with Gasteiger partial charge in [-0.2, -0.15) is 0 Å². The molecule has 0 aliphatic rings. The van der Waals surface area contributed by atoms with E-state index in [0.29, 0.717) is 0 Å². The predicted molar refractivity (Wildman–Crippen MR) is 56.1 cm³/mol. The van der Waals surface area contributed by atoms with Crippen molar-refractivity contribution in [3.8, 4) is 0 Å². The molecule has 0 aliphatic heterocycles. The minimum absolute atomic E-state index is 0.799. The van der Waals surface area contributed by atoms with Crippen molar-refractivity contribution in [1.82, 2.24) is 4.98 Å². The first-order chi connectivity index (χ1) is 5.75. The molecular weight excluding hydrogens is 148 g/mol. The van der Waals surface area contributed by atoms with E-state index in [4.69, 9.17) is 0 Å². The monoisotopic (exact) mass is 164 g/mol.